The van der Waals surface area contributed by atoms with Crippen LogP contribution in [0.4, 0.5) is 5.69 Å². The number of carbonyl (C=O) groups excluding carboxylic acids is 1. The van der Waals surface area contributed by atoms with Crippen LogP contribution in [-0.2, 0) is 11.2 Å². The first-order valence-electron chi connectivity index (χ1n) is 8.63. The number of hydrogen-bond acceptors (Lipinski definition) is 2. The molecule has 146 valence electrons. The Morgan fingerprint density at radius 2 is 1.78 bits per heavy atom. The summed E-state index contributed by atoms with van der Waals surface area (Å²) >= 11 is 3.42. The number of nitrogens with zero attached hydrogens (tertiary/aromatic N) is 1. The Balaban J connectivity index is 0.00000364. The molecule has 1 amide bonds. The Hall–Kier alpha value is -1.61. The maximum atomic E-state index is 12.1. The van der Waals surface area contributed by atoms with Gasteiger partial charge < -0.3 is 16.0 Å². The van der Waals surface area contributed by atoms with Crippen molar-refractivity contribution in [3.8, 4) is 0 Å². The third-order valence-corrected chi connectivity index (χ3v) is 4.38. The highest BCUT2D eigenvalue weighted by atomic mass is 127. The van der Waals surface area contributed by atoms with Gasteiger partial charge in [0.15, 0.2) is 5.96 Å². The fourth-order valence-corrected chi connectivity index (χ4v) is 2.79. The van der Waals surface area contributed by atoms with Crippen LogP contribution in [0, 0.1) is 6.92 Å². The lowest BCUT2D eigenvalue weighted by atomic mass is 10.1. The van der Waals surface area contributed by atoms with E-state index in [0.29, 0.717) is 18.9 Å². The van der Waals surface area contributed by atoms with E-state index in [2.05, 4.69) is 49.0 Å². The largest absolute Gasteiger partial charge is 0.356 e. The molecule has 0 spiro atoms. The molecule has 3 N–H and O–H groups in total. The molecule has 0 unspecified atom stereocenters. The van der Waals surface area contributed by atoms with E-state index in [-0.39, 0.29) is 29.9 Å². The van der Waals surface area contributed by atoms with Gasteiger partial charge in [-0.05, 0) is 36.6 Å². The van der Waals surface area contributed by atoms with Crippen LogP contribution in [0.3, 0.4) is 0 Å². The van der Waals surface area contributed by atoms with Crippen molar-refractivity contribution >= 4 is 57.5 Å². The minimum absolute atomic E-state index is 0. The molecule has 2 aromatic carbocycles. The van der Waals surface area contributed by atoms with Crippen molar-refractivity contribution in [1.29, 1.82) is 0 Å². The van der Waals surface area contributed by atoms with E-state index in [1.807, 2.05) is 43.3 Å². The van der Waals surface area contributed by atoms with Crippen LogP contribution >= 0.6 is 39.9 Å². The average molecular weight is 545 g/mol. The molecule has 0 bridgehead atoms. The van der Waals surface area contributed by atoms with E-state index >= 15 is 0 Å². The van der Waals surface area contributed by atoms with Gasteiger partial charge in [0.25, 0.3) is 0 Å². The zero-order valence-electron chi connectivity index (χ0n) is 15.6. The van der Waals surface area contributed by atoms with E-state index in [0.717, 1.165) is 28.7 Å². The number of nitrogens with one attached hydrogen (secondary N) is 3. The highest BCUT2D eigenvalue weighted by Gasteiger charge is 2.06. The molecule has 0 fully saturated rings. The summed E-state index contributed by atoms with van der Waals surface area (Å²) in [6.45, 7) is 3.27. The van der Waals surface area contributed by atoms with Crippen molar-refractivity contribution in [1.82, 2.24) is 10.6 Å². The second kappa shape index (κ2) is 12.7. The molecule has 2 rings (SSSR count). The van der Waals surface area contributed by atoms with Gasteiger partial charge in [-0.1, -0.05) is 52.3 Å². The standard InChI is InChI=1S/C20H25BrN4O.HI/c1-15-8-9-17(21)14-18(15)25-19(26)11-13-24-20(22-2)23-12-10-16-6-4-3-5-7-16;/h3-9,14H,10-13H2,1-2H3,(H,25,26)(H2,22,23,24);1H. The van der Waals surface area contributed by atoms with Gasteiger partial charge >= 0.3 is 0 Å². The van der Waals surface area contributed by atoms with Crippen molar-refractivity contribution in [2.75, 3.05) is 25.5 Å². The minimum Gasteiger partial charge on any atom is -0.356 e. The molecule has 0 aliphatic rings. The number of halogens is 2. The van der Waals surface area contributed by atoms with E-state index in [4.69, 9.17) is 0 Å². The summed E-state index contributed by atoms with van der Waals surface area (Å²) in [4.78, 5) is 16.3. The van der Waals surface area contributed by atoms with Crippen molar-refractivity contribution in [2.24, 2.45) is 4.99 Å². The quantitative estimate of drug-likeness (QED) is 0.279. The normalized spacial score (nSPS) is 10.7. The predicted molar refractivity (Wildman–Crippen MR) is 127 cm³/mol. The lowest BCUT2D eigenvalue weighted by Crippen LogP contribution is -2.39. The fourth-order valence-electron chi connectivity index (χ4n) is 2.43. The number of hydrogen-bond donors (Lipinski definition) is 3. The van der Waals surface area contributed by atoms with Crippen LogP contribution in [0.2, 0.25) is 0 Å². The van der Waals surface area contributed by atoms with Crippen molar-refractivity contribution in [3.63, 3.8) is 0 Å². The van der Waals surface area contributed by atoms with Gasteiger partial charge in [-0.15, -0.1) is 24.0 Å². The van der Waals surface area contributed by atoms with Crippen LogP contribution in [0.5, 0.6) is 0 Å². The zero-order valence-corrected chi connectivity index (χ0v) is 19.5. The van der Waals surface area contributed by atoms with Crippen molar-refractivity contribution < 1.29 is 4.79 Å². The van der Waals surface area contributed by atoms with E-state index in [1.165, 1.54) is 5.56 Å². The number of benzene rings is 2. The number of guanidine groups is 1. The van der Waals surface area contributed by atoms with Crippen LogP contribution in [-0.4, -0.2) is 32.0 Å². The lowest BCUT2D eigenvalue weighted by Gasteiger charge is -2.12. The molecular formula is C20H26BrIN4O. The number of rotatable bonds is 7. The van der Waals surface area contributed by atoms with E-state index in [9.17, 15) is 4.79 Å². The third-order valence-electron chi connectivity index (χ3n) is 3.89. The molecule has 0 atom stereocenters. The molecular weight excluding hydrogens is 519 g/mol. The first kappa shape index (κ1) is 23.4. The van der Waals surface area contributed by atoms with Gasteiger partial charge in [0.1, 0.15) is 0 Å². The third kappa shape index (κ3) is 8.75. The van der Waals surface area contributed by atoms with Crippen LogP contribution in [0.25, 0.3) is 0 Å². The van der Waals surface area contributed by atoms with Gasteiger partial charge in [0.2, 0.25) is 5.91 Å². The number of aryl methyl sites for hydroxylation is 1. The molecule has 2 aromatic rings. The summed E-state index contributed by atoms with van der Waals surface area (Å²) in [6.07, 6.45) is 1.29. The highest BCUT2D eigenvalue weighted by Crippen LogP contribution is 2.20. The van der Waals surface area contributed by atoms with Crippen LogP contribution < -0.4 is 16.0 Å². The SMILES string of the molecule is CN=C(NCCC(=O)Nc1cc(Br)ccc1C)NCCc1ccccc1.I. The monoisotopic (exact) mass is 544 g/mol. The Labute approximate surface area is 186 Å². The smallest absolute Gasteiger partial charge is 0.226 e. The average Bonchev–Trinajstić information content (AvgIpc) is 2.64. The Morgan fingerprint density at radius 1 is 1.07 bits per heavy atom. The van der Waals surface area contributed by atoms with E-state index < -0.39 is 0 Å². The molecule has 0 radical (unpaired) electrons. The highest BCUT2D eigenvalue weighted by molar-refractivity contribution is 14.0. The number of aliphatic imine (C=N–C) groups is 1. The van der Waals surface area contributed by atoms with Crippen molar-refractivity contribution in [2.45, 2.75) is 19.8 Å². The fraction of sp³-hybridized carbons (Fsp3) is 0.300. The number of amides is 1. The van der Waals surface area contributed by atoms with E-state index in [1.54, 1.807) is 7.05 Å². The summed E-state index contributed by atoms with van der Waals surface area (Å²) in [5.41, 5.74) is 3.14. The second-order valence-electron chi connectivity index (χ2n) is 5.92. The van der Waals surface area contributed by atoms with Crippen LogP contribution in [0.1, 0.15) is 17.5 Å². The molecule has 0 saturated carbocycles. The first-order valence-corrected chi connectivity index (χ1v) is 9.42. The summed E-state index contributed by atoms with van der Waals surface area (Å²) in [6, 6.07) is 16.1. The van der Waals surface area contributed by atoms with Crippen LogP contribution in [0.15, 0.2) is 58.0 Å². The molecule has 0 aliphatic carbocycles. The Morgan fingerprint density at radius 3 is 2.48 bits per heavy atom. The zero-order chi connectivity index (χ0) is 18.8. The maximum Gasteiger partial charge on any atom is 0.226 e. The molecule has 7 heteroatoms. The number of carbonyl (C=O) groups is 1. The van der Waals surface area contributed by atoms with Gasteiger partial charge in [0.05, 0.1) is 0 Å². The molecule has 27 heavy (non-hydrogen) atoms. The van der Waals surface area contributed by atoms with Gasteiger partial charge in [-0.3, -0.25) is 9.79 Å². The molecule has 0 heterocycles. The molecule has 5 nitrogen and oxygen atoms in total. The second-order valence-corrected chi connectivity index (χ2v) is 6.83. The first-order chi connectivity index (χ1) is 12.6. The summed E-state index contributed by atoms with van der Waals surface area (Å²) in [5, 5.41) is 9.36. The number of anilines is 1. The predicted octanol–water partition coefficient (Wildman–Crippen LogP) is 4.11. The Bertz CT molecular complexity index is 753. The molecule has 0 aromatic heterocycles. The summed E-state index contributed by atoms with van der Waals surface area (Å²) in [7, 11) is 1.72. The summed E-state index contributed by atoms with van der Waals surface area (Å²) in [5.74, 6) is 0.672. The maximum absolute atomic E-state index is 12.1. The summed E-state index contributed by atoms with van der Waals surface area (Å²) < 4.78 is 0.944. The van der Waals surface area contributed by atoms with Gasteiger partial charge in [-0.25, -0.2) is 0 Å². The topological polar surface area (TPSA) is 65.5 Å². The van der Waals surface area contributed by atoms with Gasteiger partial charge in [-0.2, -0.15) is 0 Å². The van der Waals surface area contributed by atoms with Crippen molar-refractivity contribution in [3.05, 3.63) is 64.1 Å². The lowest BCUT2D eigenvalue weighted by molar-refractivity contribution is -0.116. The minimum atomic E-state index is -0.0292. The van der Waals surface area contributed by atoms with Gasteiger partial charge in [0, 0.05) is 36.7 Å². The Kier molecular flexibility index (Phi) is 11.0. The molecule has 0 saturated heterocycles. The molecule has 0 aliphatic heterocycles.